The van der Waals surface area contributed by atoms with E-state index in [1.54, 1.807) is 0 Å². The van der Waals surface area contributed by atoms with Crippen LogP contribution in [0.4, 0.5) is 5.82 Å². The van der Waals surface area contributed by atoms with Gasteiger partial charge in [0.1, 0.15) is 0 Å². The lowest BCUT2D eigenvalue weighted by atomic mass is 9.92. The fraction of sp³-hybridized carbons (Fsp3) is 0.500. The molecule has 1 N–H and O–H groups in total. The Bertz CT molecular complexity index is 625. The first-order valence-electron chi connectivity index (χ1n) is 8.86. The van der Waals surface area contributed by atoms with E-state index in [-0.39, 0.29) is 5.41 Å². The Balaban J connectivity index is 1.37. The summed E-state index contributed by atoms with van der Waals surface area (Å²) in [4.78, 5) is 2.31. The standard InChI is InChI=1S/C20H28N4/c1-20(2,3)18-9-10-19(23-22-18)24-14-17(15-24)13-21-12-11-16-7-5-4-6-8-16/h4-10,17,21H,11-15H2,1-3H3. The van der Waals surface area contributed by atoms with Crippen molar-refractivity contribution < 1.29 is 0 Å². The van der Waals surface area contributed by atoms with Crippen molar-refractivity contribution in [2.45, 2.75) is 32.6 Å². The second kappa shape index (κ2) is 7.31. The van der Waals surface area contributed by atoms with E-state index in [4.69, 9.17) is 0 Å². The van der Waals surface area contributed by atoms with Gasteiger partial charge in [0.2, 0.25) is 0 Å². The zero-order chi connectivity index (χ0) is 17.0. The van der Waals surface area contributed by atoms with E-state index in [0.29, 0.717) is 5.92 Å². The van der Waals surface area contributed by atoms with E-state index in [1.165, 1.54) is 5.56 Å². The van der Waals surface area contributed by atoms with Crippen LogP contribution >= 0.6 is 0 Å². The summed E-state index contributed by atoms with van der Waals surface area (Å²) in [5.41, 5.74) is 2.51. The van der Waals surface area contributed by atoms with Crippen LogP contribution in [0.2, 0.25) is 0 Å². The number of benzene rings is 1. The molecule has 0 saturated carbocycles. The molecule has 0 bridgehead atoms. The van der Waals surface area contributed by atoms with E-state index in [1.807, 2.05) is 0 Å². The van der Waals surface area contributed by atoms with Crippen LogP contribution < -0.4 is 10.2 Å². The van der Waals surface area contributed by atoms with Gasteiger partial charge in [-0.1, -0.05) is 51.1 Å². The summed E-state index contributed by atoms with van der Waals surface area (Å²) < 4.78 is 0. The molecule has 1 saturated heterocycles. The van der Waals surface area contributed by atoms with Crippen LogP contribution in [-0.4, -0.2) is 36.4 Å². The third-order valence-electron chi connectivity index (χ3n) is 4.57. The molecule has 128 valence electrons. The molecule has 4 nitrogen and oxygen atoms in total. The van der Waals surface area contributed by atoms with Crippen LogP contribution in [0, 0.1) is 5.92 Å². The fourth-order valence-electron chi connectivity index (χ4n) is 2.96. The van der Waals surface area contributed by atoms with Gasteiger partial charge in [0.05, 0.1) is 5.69 Å². The van der Waals surface area contributed by atoms with Crippen LogP contribution in [0.15, 0.2) is 42.5 Å². The molecule has 0 amide bonds. The van der Waals surface area contributed by atoms with Crippen molar-refractivity contribution >= 4 is 5.82 Å². The van der Waals surface area contributed by atoms with E-state index in [9.17, 15) is 0 Å². The van der Waals surface area contributed by atoms with Crippen molar-refractivity contribution in [1.82, 2.24) is 15.5 Å². The highest BCUT2D eigenvalue weighted by molar-refractivity contribution is 5.41. The molecule has 3 rings (SSSR count). The van der Waals surface area contributed by atoms with Crippen molar-refractivity contribution in [2.24, 2.45) is 5.92 Å². The second-order valence-electron chi connectivity index (χ2n) is 7.74. The summed E-state index contributed by atoms with van der Waals surface area (Å²) in [5.74, 6) is 1.72. The van der Waals surface area contributed by atoms with Crippen molar-refractivity contribution in [2.75, 3.05) is 31.1 Å². The van der Waals surface area contributed by atoms with Crippen molar-refractivity contribution in [3.05, 3.63) is 53.7 Å². The molecular weight excluding hydrogens is 296 g/mol. The van der Waals surface area contributed by atoms with E-state index < -0.39 is 0 Å². The summed E-state index contributed by atoms with van der Waals surface area (Å²) >= 11 is 0. The highest BCUT2D eigenvalue weighted by atomic mass is 15.3. The summed E-state index contributed by atoms with van der Waals surface area (Å²) in [6, 6.07) is 14.9. The minimum Gasteiger partial charge on any atom is -0.354 e. The number of anilines is 1. The van der Waals surface area contributed by atoms with Gasteiger partial charge in [-0.25, -0.2) is 0 Å². The molecular formula is C20H28N4. The van der Waals surface area contributed by atoms with Gasteiger partial charge in [0, 0.05) is 31.0 Å². The topological polar surface area (TPSA) is 41.0 Å². The highest BCUT2D eigenvalue weighted by Gasteiger charge is 2.28. The summed E-state index contributed by atoms with van der Waals surface area (Å²) in [6.07, 6.45) is 1.09. The highest BCUT2D eigenvalue weighted by Crippen LogP contribution is 2.24. The largest absolute Gasteiger partial charge is 0.354 e. The lowest BCUT2D eigenvalue weighted by Gasteiger charge is -2.40. The lowest BCUT2D eigenvalue weighted by Crippen LogP contribution is -2.51. The second-order valence-corrected chi connectivity index (χ2v) is 7.74. The van der Waals surface area contributed by atoms with Crippen LogP contribution in [0.1, 0.15) is 32.0 Å². The predicted molar refractivity (Wildman–Crippen MR) is 99.5 cm³/mol. The monoisotopic (exact) mass is 324 g/mol. The van der Waals surface area contributed by atoms with Gasteiger partial charge in [-0.2, -0.15) is 5.10 Å². The Kier molecular flexibility index (Phi) is 5.14. The van der Waals surface area contributed by atoms with Crippen LogP contribution in [-0.2, 0) is 11.8 Å². The number of nitrogens with zero attached hydrogens (tertiary/aromatic N) is 3. The molecule has 1 aliphatic rings. The average molecular weight is 324 g/mol. The zero-order valence-corrected chi connectivity index (χ0v) is 15.0. The molecule has 2 heterocycles. The quantitative estimate of drug-likeness (QED) is 0.829. The Hall–Kier alpha value is -1.94. The SMILES string of the molecule is CC(C)(C)c1ccc(N2CC(CNCCc3ccccc3)C2)nn1. The smallest absolute Gasteiger partial charge is 0.151 e. The Morgan fingerprint density at radius 1 is 1.04 bits per heavy atom. The predicted octanol–water partition coefficient (Wildman–Crippen LogP) is 3.04. The first-order chi connectivity index (χ1) is 11.5. The molecule has 4 heteroatoms. The number of hydrogen-bond acceptors (Lipinski definition) is 4. The minimum absolute atomic E-state index is 0.0612. The molecule has 2 aromatic rings. The van der Waals surface area contributed by atoms with Gasteiger partial charge in [0.15, 0.2) is 5.82 Å². The lowest BCUT2D eigenvalue weighted by molar-refractivity contribution is 0.383. The Morgan fingerprint density at radius 3 is 2.42 bits per heavy atom. The molecule has 1 aromatic carbocycles. The maximum atomic E-state index is 4.39. The number of rotatable bonds is 6. The van der Waals surface area contributed by atoms with E-state index >= 15 is 0 Å². The Labute approximate surface area is 145 Å². The third kappa shape index (κ3) is 4.32. The van der Waals surface area contributed by atoms with E-state index in [0.717, 1.165) is 44.1 Å². The average Bonchev–Trinajstić information content (AvgIpc) is 2.53. The molecule has 0 spiro atoms. The Morgan fingerprint density at radius 2 is 1.79 bits per heavy atom. The molecule has 1 fully saturated rings. The van der Waals surface area contributed by atoms with Gasteiger partial charge in [-0.15, -0.1) is 5.10 Å². The minimum atomic E-state index is 0.0612. The van der Waals surface area contributed by atoms with Crippen LogP contribution in [0.3, 0.4) is 0 Å². The van der Waals surface area contributed by atoms with Crippen LogP contribution in [0.5, 0.6) is 0 Å². The van der Waals surface area contributed by atoms with Crippen molar-refractivity contribution in [3.8, 4) is 0 Å². The van der Waals surface area contributed by atoms with Crippen LogP contribution in [0.25, 0.3) is 0 Å². The fourth-order valence-corrected chi connectivity index (χ4v) is 2.96. The zero-order valence-electron chi connectivity index (χ0n) is 15.0. The van der Waals surface area contributed by atoms with Gasteiger partial charge >= 0.3 is 0 Å². The number of hydrogen-bond donors (Lipinski definition) is 1. The van der Waals surface area contributed by atoms with Crippen molar-refractivity contribution in [3.63, 3.8) is 0 Å². The molecule has 0 radical (unpaired) electrons. The van der Waals surface area contributed by atoms with Gasteiger partial charge in [0.25, 0.3) is 0 Å². The molecule has 1 aliphatic heterocycles. The van der Waals surface area contributed by atoms with Gasteiger partial charge in [-0.3, -0.25) is 0 Å². The first-order valence-corrected chi connectivity index (χ1v) is 8.86. The molecule has 1 aromatic heterocycles. The van der Waals surface area contributed by atoms with Crippen molar-refractivity contribution in [1.29, 1.82) is 0 Å². The third-order valence-corrected chi connectivity index (χ3v) is 4.57. The number of aromatic nitrogens is 2. The molecule has 0 atom stereocenters. The summed E-state index contributed by atoms with van der Waals surface area (Å²) in [5, 5.41) is 12.3. The normalized spacial score (nSPS) is 15.4. The summed E-state index contributed by atoms with van der Waals surface area (Å²) in [6.45, 7) is 10.8. The van der Waals surface area contributed by atoms with Gasteiger partial charge < -0.3 is 10.2 Å². The summed E-state index contributed by atoms with van der Waals surface area (Å²) in [7, 11) is 0. The van der Waals surface area contributed by atoms with E-state index in [2.05, 4.69) is 83.6 Å². The molecule has 0 aliphatic carbocycles. The van der Waals surface area contributed by atoms with Gasteiger partial charge in [-0.05, 0) is 30.7 Å². The first kappa shape index (κ1) is 16.9. The molecule has 24 heavy (non-hydrogen) atoms. The maximum Gasteiger partial charge on any atom is 0.151 e. The maximum absolute atomic E-state index is 4.39. The number of nitrogens with one attached hydrogen (secondary N) is 1. The molecule has 0 unspecified atom stereocenters.